The Morgan fingerprint density at radius 1 is 1.29 bits per heavy atom. The maximum absolute atomic E-state index is 5.77. The van der Waals surface area contributed by atoms with Gasteiger partial charge in [0.1, 0.15) is 17.3 Å². The van der Waals surface area contributed by atoms with Gasteiger partial charge < -0.3 is 10.1 Å². The van der Waals surface area contributed by atoms with Gasteiger partial charge in [0.05, 0.1) is 5.39 Å². The van der Waals surface area contributed by atoms with Gasteiger partial charge in [-0.1, -0.05) is 27.2 Å². The number of aromatic nitrogens is 2. The molecule has 0 aliphatic carbocycles. The summed E-state index contributed by atoms with van der Waals surface area (Å²) in [5, 5.41) is 6.55. The van der Waals surface area contributed by atoms with Crippen LogP contribution in [0.3, 0.4) is 0 Å². The minimum Gasteiger partial charge on any atom is -0.373 e. The fraction of sp³-hybridized carbons (Fsp3) is 0.625. The van der Waals surface area contributed by atoms with Crippen molar-refractivity contribution >= 4 is 27.4 Å². The van der Waals surface area contributed by atoms with E-state index in [-0.39, 0.29) is 0 Å². The SMILES string of the molecule is CCCNc1nc(COCC(C)CCC)nc2sccc12. The number of hydrogen-bond donors (Lipinski definition) is 1. The van der Waals surface area contributed by atoms with Gasteiger partial charge in [0.2, 0.25) is 0 Å². The second-order valence-corrected chi connectivity index (χ2v) is 6.36. The molecule has 0 amide bonds. The van der Waals surface area contributed by atoms with E-state index in [9.17, 15) is 0 Å². The Balaban J connectivity index is 2.02. The summed E-state index contributed by atoms with van der Waals surface area (Å²) in [6.07, 6.45) is 3.48. The van der Waals surface area contributed by atoms with Gasteiger partial charge in [0.25, 0.3) is 0 Å². The molecular formula is C16H25N3OS. The van der Waals surface area contributed by atoms with Crippen LogP contribution < -0.4 is 5.32 Å². The van der Waals surface area contributed by atoms with Crippen LogP contribution in [-0.2, 0) is 11.3 Å². The lowest BCUT2D eigenvalue weighted by molar-refractivity contribution is 0.0851. The van der Waals surface area contributed by atoms with Crippen molar-refractivity contribution < 1.29 is 4.74 Å². The molecule has 0 radical (unpaired) electrons. The first-order valence-electron chi connectivity index (χ1n) is 7.80. The van der Waals surface area contributed by atoms with Crippen molar-refractivity contribution in [1.82, 2.24) is 9.97 Å². The number of nitrogens with zero attached hydrogens (tertiary/aromatic N) is 2. The first-order chi connectivity index (χ1) is 10.2. The van der Waals surface area contributed by atoms with Crippen molar-refractivity contribution in [2.24, 2.45) is 5.92 Å². The number of ether oxygens (including phenoxy) is 1. The first kappa shape index (κ1) is 16.2. The van der Waals surface area contributed by atoms with Crippen LogP contribution in [0, 0.1) is 5.92 Å². The average Bonchev–Trinajstić information content (AvgIpc) is 2.93. The molecule has 0 saturated carbocycles. The monoisotopic (exact) mass is 307 g/mol. The van der Waals surface area contributed by atoms with Crippen LogP contribution in [0.1, 0.15) is 45.9 Å². The summed E-state index contributed by atoms with van der Waals surface area (Å²) >= 11 is 1.65. The zero-order valence-electron chi connectivity index (χ0n) is 13.2. The van der Waals surface area contributed by atoms with E-state index in [1.54, 1.807) is 11.3 Å². The molecule has 116 valence electrons. The zero-order valence-corrected chi connectivity index (χ0v) is 14.0. The average molecular weight is 307 g/mol. The lowest BCUT2D eigenvalue weighted by Gasteiger charge is -2.11. The lowest BCUT2D eigenvalue weighted by Crippen LogP contribution is -2.09. The van der Waals surface area contributed by atoms with E-state index >= 15 is 0 Å². The number of hydrogen-bond acceptors (Lipinski definition) is 5. The predicted molar refractivity (Wildman–Crippen MR) is 89.9 cm³/mol. The highest BCUT2D eigenvalue weighted by Crippen LogP contribution is 2.25. The second-order valence-electron chi connectivity index (χ2n) is 5.46. The summed E-state index contributed by atoms with van der Waals surface area (Å²) in [6, 6.07) is 2.08. The Labute approximate surface area is 131 Å². The van der Waals surface area contributed by atoms with Gasteiger partial charge in [-0.2, -0.15) is 0 Å². The molecule has 1 N–H and O–H groups in total. The quantitative estimate of drug-likeness (QED) is 0.742. The molecule has 1 unspecified atom stereocenters. The molecule has 0 aliphatic rings. The summed E-state index contributed by atoms with van der Waals surface area (Å²) in [4.78, 5) is 10.2. The third-order valence-corrected chi connectivity index (χ3v) is 4.14. The highest BCUT2D eigenvalue weighted by molar-refractivity contribution is 7.16. The van der Waals surface area contributed by atoms with Crippen LogP contribution in [0.2, 0.25) is 0 Å². The van der Waals surface area contributed by atoms with Gasteiger partial charge in [0.15, 0.2) is 5.82 Å². The highest BCUT2D eigenvalue weighted by Gasteiger charge is 2.09. The van der Waals surface area contributed by atoms with Crippen molar-refractivity contribution in [2.45, 2.75) is 46.6 Å². The molecule has 2 heterocycles. The van der Waals surface area contributed by atoms with Crippen LogP contribution in [0.4, 0.5) is 5.82 Å². The van der Waals surface area contributed by atoms with E-state index in [1.807, 2.05) is 0 Å². The Morgan fingerprint density at radius 3 is 2.90 bits per heavy atom. The summed E-state index contributed by atoms with van der Waals surface area (Å²) in [6.45, 7) is 8.77. The van der Waals surface area contributed by atoms with Crippen LogP contribution in [-0.4, -0.2) is 23.1 Å². The molecule has 0 aromatic carbocycles. The minimum absolute atomic E-state index is 0.489. The fourth-order valence-electron chi connectivity index (χ4n) is 2.27. The Bertz CT molecular complexity index is 555. The number of thiophene rings is 1. The molecule has 2 aromatic rings. The molecule has 0 aliphatic heterocycles. The van der Waals surface area contributed by atoms with Gasteiger partial charge in [-0.3, -0.25) is 0 Å². The molecule has 4 nitrogen and oxygen atoms in total. The van der Waals surface area contributed by atoms with Gasteiger partial charge in [-0.15, -0.1) is 11.3 Å². The van der Waals surface area contributed by atoms with Crippen LogP contribution >= 0.6 is 11.3 Å². The van der Waals surface area contributed by atoms with Crippen molar-refractivity contribution in [2.75, 3.05) is 18.5 Å². The van der Waals surface area contributed by atoms with E-state index in [1.165, 1.54) is 12.8 Å². The number of anilines is 1. The van der Waals surface area contributed by atoms with E-state index in [0.29, 0.717) is 12.5 Å². The molecule has 21 heavy (non-hydrogen) atoms. The predicted octanol–water partition coefficient (Wildman–Crippen LogP) is 4.47. The van der Waals surface area contributed by atoms with Gasteiger partial charge in [-0.25, -0.2) is 9.97 Å². The highest BCUT2D eigenvalue weighted by atomic mass is 32.1. The number of fused-ring (bicyclic) bond motifs is 1. The van der Waals surface area contributed by atoms with E-state index in [4.69, 9.17) is 4.74 Å². The van der Waals surface area contributed by atoms with Crippen LogP contribution in [0.5, 0.6) is 0 Å². The fourth-order valence-corrected chi connectivity index (χ4v) is 3.05. The van der Waals surface area contributed by atoms with Gasteiger partial charge >= 0.3 is 0 Å². The second kappa shape index (κ2) is 8.29. The van der Waals surface area contributed by atoms with E-state index in [2.05, 4.69) is 47.5 Å². The molecule has 2 rings (SSSR count). The molecule has 0 bridgehead atoms. The smallest absolute Gasteiger partial charge is 0.158 e. The van der Waals surface area contributed by atoms with E-state index in [0.717, 1.165) is 41.4 Å². The zero-order chi connectivity index (χ0) is 15.1. The van der Waals surface area contributed by atoms with Gasteiger partial charge in [-0.05, 0) is 30.2 Å². The number of rotatable bonds is 9. The summed E-state index contributed by atoms with van der Waals surface area (Å²) < 4.78 is 5.77. The third-order valence-electron chi connectivity index (χ3n) is 3.33. The van der Waals surface area contributed by atoms with Crippen molar-refractivity contribution in [3.05, 3.63) is 17.3 Å². The maximum atomic E-state index is 5.77. The molecule has 1 atom stereocenters. The van der Waals surface area contributed by atoms with Crippen LogP contribution in [0.15, 0.2) is 11.4 Å². The summed E-state index contributed by atoms with van der Waals surface area (Å²) in [7, 11) is 0. The summed E-state index contributed by atoms with van der Waals surface area (Å²) in [5.41, 5.74) is 0. The third kappa shape index (κ3) is 4.64. The maximum Gasteiger partial charge on any atom is 0.158 e. The first-order valence-corrected chi connectivity index (χ1v) is 8.68. The topological polar surface area (TPSA) is 47.0 Å². The lowest BCUT2D eigenvalue weighted by atomic mass is 10.1. The van der Waals surface area contributed by atoms with Gasteiger partial charge in [0, 0.05) is 13.2 Å². The molecular weight excluding hydrogens is 282 g/mol. The molecule has 5 heteroatoms. The van der Waals surface area contributed by atoms with Crippen molar-refractivity contribution in [3.63, 3.8) is 0 Å². The van der Waals surface area contributed by atoms with Crippen LogP contribution in [0.25, 0.3) is 10.2 Å². The molecule has 2 aromatic heterocycles. The summed E-state index contributed by atoms with van der Waals surface area (Å²) in [5.74, 6) is 2.30. The minimum atomic E-state index is 0.489. The Hall–Kier alpha value is -1.20. The molecule has 0 fully saturated rings. The standard InChI is InChI=1S/C16H25N3OS/c1-4-6-12(3)10-20-11-14-18-15(17-8-5-2)13-7-9-21-16(13)19-14/h7,9,12H,4-6,8,10-11H2,1-3H3,(H,17,18,19). The Kier molecular flexibility index (Phi) is 6.39. The van der Waals surface area contributed by atoms with Crippen molar-refractivity contribution in [3.8, 4) is 0 Å². The normalized spacial score (nSPS) is 12.7. The Morgan fingerprint density at radius 2 is 2.14 bits per heavy atom. The molecule has 0 saturated heterocycles. The number of nitrogens with one attached hydrogen (secondary N) is 1. The van der Waals surface area contributed by atoms with E-state index < -0.39 is 0 Å². The molecule has 0 spiro atoms. The largest absolute Gasteiger partial charge is 0.373 e. The van der Waals surface area contributed by atoms with Crippen molar-refractivity contribution in [1.29, 1.82) is 0 Å².